The van der Waals surface area contributed by atoms with Crippen LogP contribution in [0.5, 0.6) is 0 Å². The predicted molar refractivity (Wildman–Crippen MR) is 137 cm³/mol. The number of hydrogen-bond acceptors (Lipinski definition) is 7. The molecule has 200 valence electrons. The molecule has 1 aromatic heterocycles. The highest BCUT2D eigenvalue weighted by molar-refractivity contribution is 5.93. The van der Waals surface area contributed by atoms with Gasteiger partial charge in [-0.1, -0.05) is 32.1 Å². The van der Waals surface area contributed by atoms with Crippen molar-refractivity contribution in [1.82, 2.24) is 0 Å². The number of ether oxygens (including phenoxy) is 4. The molecule has 2 saturated carbocycles. The highest BCUT2D eigenvalue weighted by atomic mass is 16.7. The summed E-state index contributed by atoms with van der Waals surface area (Å²) in [7, 11) is 0. The van der Waals surface area contributed by atoms with Gasteiger partial charge in [-0.2, -0.15) is 0 Å². The van der Waals surface area contributed by atoms with E-state index in [1.54, 1.807) is 12.1 Å². The van der Waals surface area contributed by atoms with Gasteiger partial charge in [0.2, 0.25) is 0 Å². The number of allylic oxidation sites excluding steroid dienone is 2. The minimum Gasteiger partial charge on any atom is -0.465 e. The van der Waals surface area contributed by atoms with E-state index in [9.17, 15) is 9.59 Å². The molecule has 5 rings (SSSR count). The first kappa shape index (κ1) is 26.0. The summed E-state index contributed by atoms with van der Waals surface area (Å²) in [5, 5.41) is 0. The van der Waals surface area contributed by atoms with Crippen molar-refractivity contribution in [3.63, 3.8) is 0 Å². The number of rotatable bonds is 5. The van der Waals surface area contributed by atoms with Crippen molar-refractivity contribution in [3.05, 3.63) is 54.0 Å². The SMILES string of the molecule is C=C1CC[C@@H]2[C@]3(C)COC(C)(C)O[C@@H]3CC[C@@]2(C)[C@@H]1C/C=C1/C(=O)OC[C@H]1OC(=O)/C=C/c1ccco1. The van der Waals surface area contributed by atoms with Crippen LogP contribution in [0.15, 0.2) is 52.7 Å². The Labute approximate surface area is 218 Å². The van der Waals surface area contributed by atoms with Gasteiger partial charge >= 0.3 is 11.9 Å². The van der Waals surface area contributed by atoms with Crippen LogP contribution >= 0.6 is 0 Å². The number of cyclic esters (lactones) is 1. The fourth-order valence-corrected chi connectivity index (χ4v) is 7.23. The summed E-state index contributed by atoms with van der Waals surface area (Å²) in [6, 6.07) is 3.48. The Kier molecular flexibility index (Phi) is 6.73. The smallest absolute Gasteiger partial charge is 0.337 e. The molecule has 2 aliphatic heterocycles. The Morgan fingerprint density at radius 1 is 1.22 bits per heavy atom. The third kappa shape index (κ3) is 4.84. The van der Waals surface area contributed by atoms with Gasteiger partial charge in [-0.3, -0.25) is 0 Å². The van der Waals surface area contributed by atoms with Crippen LogP contribution in [-0.2, 0) is 28.5 Å². The number of carbonyl (C=O) groups excluding carboxylic acids is 2. The van der Waals surface area contributed by atoms with Gasteiger partial charge < -0.3 is 23.4 Å². The molecule has 3 heterocycles. The Bertz CT molecular complexity index is 1110. The zero-order valence-corrected chi connectivity index (χ0v) is 22.3. The maximum Gasteiger partial charge on any atom is 0.337 e. The van der Waals surface area contributed by atoms with E-state index in [-0.39, 0.29) is 29.5 Å². The lowest BCUT2D eigenvalue weighted by atomic mass is 9.46. The van der Waals surface area contributed by atoms with Gasteiger partial charge in [0.05, 0.1) is 24.5 Å². The Hall–Kier alpha value is -2.64. The first-order valence-corrected chi connectivity index (χ1v) is 13.3. The Balaban J connectivity index is 1.32. The molecule has 1 aromatic rings. The van der Waals surface area contributed by atoms with Crippen molar-refractivity contribution in [1.29, 1.82) is 0 Å². The molecule has 7 heteroatoms. The number of esters is 2. The molecule has 7 nitrogen and oxygen atoms in total. The highest BCUT2D eigenvalue weighted by Gasteiger charge is 2.60. The zero-order chi connectivity index (χ0) is 26.4. The summed E-state index contributed by atoms with van der Waals surface area (Å²) in [5.41, 5.74) is 1.56. The molecule has 0 unspecified atom stereocenters. The fourth-order valence-electron chi connectivity index (χ4n) is 7.23. The summed E-state index contributed by atoms with van der Waals surface area (Å²) in [4.78, 5) is 24.9. The average molecular weight is 511 g/mol. The molecule has 0 radical (unpaired) electrons. The second-order valence-electron chi connectivity index (χ2n) is 11.9. The van der Waals surface area contributed by atoms with Crippen molar-refractivity contribution in [3.8, 4) is 0 Å². The normalized spacial score (nSPS) is 38.3. The predicted octanol–water partition coefficient (Wildman–Crippen LogP) is 5.62. The monoisotopic (exact) mass is 510 g/mol. The van der Waals surface area contributed by atoms with Gasteiger partial charge in [-0.25, -0.2) is 9.59 Å². The van der Waals surface area contributed by atoms with Gasteiger partial charge in [0, 0.05) is 11.5 Å². The van der Waals surface area contributed by atoms with Crippen LogP contribution in [0.2, 0.25) is 0 Å². The summed E-state index contributed by atoms with van der Waals surface area (Å²) >= 11 is 0. The van der Waals surface area contributed by atoms with Gasteiger partial charge in [0.15, 0.2) is 11.9 Å². The van der Waals surface area contributed by atoms with Crippen molar-refractivity contribution in [2.45, 2.75) is 77.8 Å². The molecule has 0 spiro atoms. The third-order valence-electron chi connectivity index (χ3n) is 9.18. The van der Waals surface area contributed by atoms with E-state index in [2.05, 4.69) is 20.4 Å². The summed E-state index contributed by atoms with van der Waals surface area (Å²) < 4.78 is 28.6. The van der Waals surface area contributed by atoms with Gasteiger partial charge in [-0.05, 0) is 81.4 Å². The van der Waals surface area contributed by atoms with E-state index >= 15 is 0 Å². The van der Waals surface area contributed by atoms with Gasteiger partial charge in [0.25, 0.3) is 0 Å². The summed E-state index contributed by atoms with van der Waals surface area (Å²) in [6.45, 7) is 13.8. The quantitative estimate of drug-likeness (QED) is 0.289. The van der Waals surface area contributed by atoms with Crippen molar-refractivity contribution in [2.24, 2.45) is 22.7 Å². The molecule has 4 aliphatic rings. The molecule has 0 amide bonds. The molecule has 2 aliphatic carbocycles. The third-order valence-corrected chi connectivity index (χ3v) is 9.18. The number of furan rings is 1. The van der Waals surface area contributed by atoms with Crippen LogP contribution < -0.4 is 0 Å². The Morgan fingerprint density at radius 3 is 2.78 bits per heavy atom. The Morgan fingerprint density at radius 2 is 2.03 bits per heavy atom. The van der Waals surface area contributed by atoms with Crippen LogP contribution in [-0.4, -0.2) is 43.1 Å². The second-order valence-corrected chi connectivity index (χ2v) is 11.9. The van der Waals surface area contributed by atoms with Crippen molar-refractivity contribution in [2.75, 3.05) is 13.2 Å². The lowest BCUT2D eigenvalue weighted by Crippen LogP contribution is -2.62. The maximum atomic E-state index is 12.6. The van der Waals surface area contributed by atoms with Crippen LogP contribution in [0.1, 0.15) is 65.6 Å². The van der Waals surface area contributed by atoms with Crippen LogP contribution in [0, 0.1) is 22.7 Å². The molecule has 2 saturated heterocycles. The molecule has 6 atom stereocenters. The summed E-state index contributed by atoms with van der Waals surface area (Å²) in [5.74, 6) is -0.364. The van der Waals surface area contributed by atoms with Gasteiger partial charge in [-0.15, -0.1) is 0 Å². The molecule has 4 fully saturated rings. The molecule has 0 aromatic carbocycles. The van der Waals surface area contributed by atoms with E-state index in [1.807, 2.05) is 19.9 Å². The van der Waals surface area contributed by atoms with E-state index in [1.165, 1.54) is 24.0 Å². The van der Waals surface area contributed by atoms with Crippen LogP contribution in [0.25, 0.3) is 6.08 Å². The molecule has 0 bridgehead atoms. The molecular formula is C30H38O7. The molecule has 0 N–H and O–H groups in total. The fraction of sp³-hybridized carbons (Fsp3) is 0.600. The highest BCUT2D eigenvalue weighted by Crippen LogP contribution is 2.63. The van der Waals surface area contributed by atoms with Crippen LogP contribution in [0.4, 0.5) is 0 Å². The maximum absolute atomic E-state index is 12.6. The van der Waals surface area contributed by atoms with E-state index in [0.29, 0.717) is 30.3 Å². The van der Waals surface area contributed by atoms with E-state index in [0.717, 1.165) is 25.7 Å². The number of hydrogen-bond donors (Lipinski definition) is 0. The lowest BCUT2D eigenvalue weighted by Gasteiger charge is -2.63. The number of carbonyl (C=O) groups is 2. The standard InChI is InChI=1S/C30H38O7/c1-19-8-12-24-29(4,15-14-25-30(24,5)18-35-28(2,3)37-25)22(19)11-10-21-23(17-34-27(21)32)36-26(31)13-9-20-7-6-16-33-20/h6-7,9-10,13,16,22-25H,1,8,11-12,14-15,17-18H2,2-5H3/b13-9+,21-10+/t22-,23-,24+,25-,29+,30+/m1/s1. The lowest BCUT2D eigenvalue weighted by molar-refractivity contribution is -0.344. The minimum absolute atomic E-state index is 0.00626. The zero-order valence-electron chi connectivity index (χ0n) is 22.3. The molecule has 37 heavy (non-hydrogen) atoms. The average Bonchev–Trinajstić information content (AvgIpc) is 3.48. The van der Waals surface area contributed by atoms with Crippen molar-refractivity contribution >= 4 is 18.0 Å². The first-order valence-electron chi connectivity index (χ1n) is 13.3. The minimum atomic E-state index is -0.725. The second kappa shape index (κ2) is 9.59. The van der Waals surface area contributed by atoms with Crippen molar-refractivity contribution < 1.29 is 33.0 Å². The largest absolute Gasteiger partial charge is 0.465 e. The summed E-state index contributed by atoms with van der Waals surface area (Å²) in [6.07, 6.45) is 10.4. The van der Waals surface area contributed by atoms with E-state index < -0.39 is 23.8 Å². The van der Waals surface area contributed by atoms with Crippen LogP contribution in [0.3, 0.4) is 0 Å². The van der Waals surface area contributed by atoms with E-state index in [4.69, 9.17) is 23.4 Å². The topological polar surface area (TPSA) is 84.2 Å². The first-order chi connectivity index (χ1) is 17.5. The number of fused-ring (bicyclic) bond motifs is 3. The molecular weight excluding hydrogens is 472 g/mol. The van der Waals surface area contributed by atoms with Gasteiger partial charge in [0.1, 0.15) is 12.4 Å².